The average Bonchev–Trinajstić information content (AvgIpc) is 4.29. The zero-order valence-corrected chi connectivity index (χ0v) is 60.5. The molecule has 6 atom stereocenters. The summed E-state index contributed by atoms with van der Waals surface area (Å²) in [6.07, 6.45) is 34.4. The van der Waals surface area contributed by atoms with E-state index >= 15 is 0 Å². The Morgan fingerprint density at radius 2 is 0.973 bits per heavy atom. The van der Waals surface area contributed by atoms with Crippen LogP contribution in [0.3, 0.4) is 0 Å². The van der Waals surface area contributed by atoms with Crippen molar-refractivity contribution in [1.29, 1.82) is 9.56 Å². The minimum absolute atomic E-state index is 0. The van der Waals surface area contributed by atoms with E-state index in [1.54, 1.807) is 38.6 Å². The third-order valence-corrected chi connectivity index (χ3v) is 25.8. The van der Waals surface area contributed by atoms with Gasteiger partial charge in [-0.25, -0.2) is 25.6 Å². The molecule has 4 aromatic rings. The summed E-state index contributed by atoms with van der Waals surface area (Å²) in [4.78, 5) is 15.6. The minimum Gasteiger partial charge on any atom is -0.394 e. The Labute approximate surface area is 558 Å². The molecule has 24 heteroatoms. The number of pyridine rings is 4. The van der Waals surface area contributed by atoms with E-state index < -0.39 is 60.5 Å². The molecular formula is C51H76N8O6S6Y4-4. The third kappa shape index (κ3) is 30.8. The van der Waals surface area contributed by atoms with Gasteiger partial charge in [-0.1, -0.05) is 62.9 Å². The molecule has 0 saturated carbocycles. The SMILES string of the molecule is CCc1cc[c-]nc1.CN=S1(=O)CCCC1.CN=S1(=O)CCCC1Cc1cc[c-]nc1.N=S1(=O)CCCC1.N=S1(=O)CCCC1Cc1cc[c-]nc1.O=S1CCCC1.O=S1CCCC1Cc1cc[c-]nc1.[Y].[Y].[Y].[Y]. The Kier molecular flexibility index (Phi) is 42.6. The van der Waals surface area contributed by atoms with Crippen LogP contribution < -0.4 is 0 Å². The van der Waals surface area contributed by atoms with Crippen molar-refractivity contribution in [2.75, 3.05) is 65.9 Å². The first-order valence-corrected chi connectivity index (χ1v) is 34.9. The summed E-state index contributed by atoms with van der Waals surface area (Å²) in [5.41, 5.74) is 4.65. The van der Waals surface area contributed by atoms with E-state index in [2.05, 4.69) is 60.4 Å². The second-order valence-electron chi connectivity index (χ2n) is 18.1. The Morgan fingerprint density at radius 1 is 0.533 bits per heavy atom. The molecule has 0 bridgehead atoms. The molecule has 6 fully saturated rings. The average molecular weight is 1450 g/mol. The summed E-state index contributed by atoms with van der Waals surface area (Å²) in [5.74, 6) is 7.11. The van der Waals surface area contributed by atoms with Crippen molar-refractivity contribution in [1.82, 2.24) is 19.9 Å². The number of aromatic nitrogens is 4. The van der Waals surface area contributed by atoms with Gasteiger partial charge < -0.3 is 19.9 Å². The van der Waals surface area contributed by atoms with Gasteiger partial charge in [0.2, 0.25) is 0 Å². The third-order valence-electron chi connectivity index (χ3n) is 12.8. The van der Waals surface area contributed by atoms with Crippen LogP contribution in [0.25, 0.3) is 0 Å². The summed E-state index contributed by atoms with van der Waals surface area (Å²) in [5, 5.41) is 0.614. The number of hydrogen-bond donors (Lipinski definition) is 2. The monoisotopic (exact) mass is 1440 g/mol. The molecule has 6 unspecified atom stereocenters. The van der Waals surface area contributed by atoms with Gasteiger partial charge in [0.15, 0.2) is 0 Å². The standard InChI is InChI=1S/C11H15N2OS.C10H13N2OS.C10H12NOS.C7H8N.C5H11NOS.C4H9NOS.C4H8OS.4Y/c1-12-15(14)7-3-5-11(15)8-10-4-2-6-13-9-10;11-14(13)6-2-4-10(14)7-9-3-1-5-12-8-9;12-13-6-2-4-10(13)7-9-3-1-5-11-8-9;1-2-7-4-3-5-8-6-7;1-6-8(7)4-2-3-5-8;5-7(6)3-1-2-4-7;5-6-3-1-2-4-6;;;;/h2,4,9,11H,3,5,7-8H2,1H3;1,3,8,10-11H,2,4,6-7H2;1,3,8,10H,2,4,6-7H2;3-4,6H,2H2,1H3;2-5H2,1H3;5H,1-4H2;1-4H2;;;;/q4*-1;;;;;;;. The van der Waals surface area contributed by atoms with Gasteiger partial charge in [0, 0.05) is 273 Å². The van der Waals surface area contributed by atoms with Gasteiger partial charge >= 0.3 is 0 Å². The molecular weight excluding hydrogens is 1370 g/mol. The van der Waals surface area contributed by atoms with E-state index in [1.165, 1.54) is 24.0 Å². The van der Waals surface area contributed by atoms with E-state index in [4.69, 9.17) is 9.56 Å². The van der Waals surface area contributed by atoms with Gasteiger partial charge in [-0.3, -0.25) is 18.0 Å². The van der Waals surface area contributed by atoms with Crippen molar-refractivity contribution in [2.45, 2.75) is 125 Å². The number of rotatable bonds is 7. The van der Waals surface area contributed by atoms with E-state index in [9.17, 15) is 25.3 Å². The van der Waals surface area contributed by atoms with Crippen molar-refractivity contribution in [3.05, 3.63) is 120 Å². The van der Waals surface area contributed by atoms with Crippen LogP contribution in [0.4, 0.5) is 0 Å². The van der Waals surface area contributed by atoms with Crippen molar-refractivity contribution in [3.8, 4) is 0 Å². The summed E-state index contributed by atoms with van der Waals surface area (Å²) < 4.78 is 90.4. The van der Waals surface area contributed by atoms with Gasteiger partial charge in [-0.2, -0.15) is 48.5 Å². The topological polar surface area (TPSA) is 226 Å². The van der Waals surface area contributed by atoms with E-state index in [-0.39, 0.29) is 141 Å². The van der Waals surface area contributed by atoms with Crippen molar-refractivity contribution in [3.63, 3.8) is 0 Å². The van der Waals surface area contributed by atoms with Gasteiger partial charge in [-0.15, -0.1) is 22.3 Å². The number of nitrogens with zero attached hydrogens (tertiary/aromatic N) is 6. The van der Waals surface area contributed by atoms with Crippen LogP contribution >= 0.6 is 0 Å². The Morgan fingerprint density at radius 3 is 1.29 bits per heavy atom. The summed E-state index contributed by atoms with van der Waals surface area (Å²) in [6, 6.07) is 15.1. The normalized spacial score (nSPS) is 25.2. The summed E-state index contributed by atoms with van der Waals surface area (Å²) in [6.45, 7) is 2.11. The maximum absolute atomic E-state index is 12.3. The van der Waals surface area contributed by atoms with Crippen LogP contribution in [-0.2, 0) is 217 Å². The molecule has 0 aliphatic carbocycles. The molecule has 0 aromatic carbocycles. The van der Waals surface area contributed by atoms with Crippen molar-refractivity contribution >= 4 is 60.5 Å². The second kappa shape index (κ2) is 42.0. The van der Waals surface area contributed by atoms with Gasteiger partial charge in [0.05, 0.1) is 0 Å². The molecule has 0 amide bonds. The first-order valence-electron chi connectivity index (χ1n) is 24.8. The number of nitrogens with one attached hydrogen (secondary N) is 2. The molecule has 14 nitrogen and oxygen atoms in total. The molecule has 4 aromatic heterocycles. The van der Waals surface area contributed by atoms with E-state index in [0.29, 0.717) is 22.5 Å². The molecule has 75 heavy (non-hydrogen) atoms. The quantitative estimate of drug-likeness (QED) is 0.168. The van der Waals surface area contributed by atoms with Crippen molar-refractivity contribution in [2.24, 2.45) is 8.73 Å². The van der Waals surface area contributed by atoms with Crippen LogP contribution in [0.5, 0.6) is 0 Å². The maximum Gasteiger partial charge on any atom is 0.0496 e. The first kappa shape index (κ1) is 76.1. The molecule has 0 spiro atoms. The first-order chi connectivity index (χ1) is 34.1. The molecule has 10 heterocycles. The van der Waals surface area contributed by atoms with Crippen LogP contribution in [0.15, 0.2) is 82.0 Å². The zero-order valence-electron chi connectivity index (χ0n) is 44.2. The number of aryl methyl sites for hydroxylation is 1. The van der Waals surface area contributed by atoms with Crippen molar-refractivity contribution < 1.29 is 156 Å². The Hall–Kier alpha value is 1.12. The maximum atomic E-state index is 12.3. The molecule has 6 saturated heterocycles. The zero-order chi connectivity index (χ0) is 51.4. The predicted molar refractivity (Wildman–Crippen MR) is 294 cm³/mol. The molecule has 2 N–H and O–H groups in total. The van der Waals surface area contributed by atoms with Gasteiger partial charge in [0.1, 0.15) is 0 Å². The van der Waals surface area contributed by atoms with Crippen LogP contribution in [0.1, 0.15) is 106 Å². The molecule has 6 aliphatic rings. The molecule has 6 aliphatic heterocycles. The fourth-order valence-corrected chi connectivity index (χ4v) is 19.1. The van der Waals surface area contributed by atoms with Crippen LogP contribution in [0.2, 0.25) is 0 Å². The fourth-order valence-electron chi connectivity index (χ4n) is 8.51. The Bertz CT molecular complexity index is 2660. The molecule has 10 rings (SSSR count). The van der Waals surface area contributed by atoms with E-state index in [1.807, 2.05) is 48.8 Å². The molecule has 4 radical (unpaired) electrons. The smallest absolute Gasteiger partial charge is 0.0496 e. The minimum atomic E-state index is -2.32. The Balaban J connectivity index is 0.000000864. The molecule has 408 valence electrons. The van der Waals surface area contributed by atoms with Crippen LogP contribution in [-0.4, -0.2) is 127 Å². The van der Waals surface area contributed by atoms with Gasteiger partial charge in [0.25, 0.3) is 0 Å². The summed E-state index contributed by atoms with van der Waals surface area (Å²) >= 11 is 0. The van der Waals surface area contributed by atoms with Crippen LogP contribution in [0, 0.1) is 34.3 Å². The largest absolute Gasteiger partial charge is 0.394 e. The summed E-state index contributed by atoms with van der Waals surface area (Å²) in [7, 11) is -5.66. The van der Waals surface area contributed by atoms with E-state index in [0.717, 1.165) is 136 Å². The number of hydrogen-bond acceptors (Lipinski definition) is 14. The fraction of sp³-hybridized carbons (Fsp3) is 0.608. The van der Waals surface area contributed by atoms with Gasteiger partial charge in [-0.05, 0) is 96.3 Å². The second-order valence-corrected chi connectivity index (χ2v) is 32.1. The predicted octanol–water partition coefficient (Wildman–Crippen LogP) is 8.32.